The van der Waals surface area contributed by atoms with Gasteiger partial charge in [-0.2, -0.15) is 5.10 Å². The van der Waals surface area contributed by atoms with Crippen LogP contribution in [0.5, 0.6) is 5.88 Å². The normalized spacial score (nSPS) is 28.9. The van der Waals surface area contributed by atoms with Gasteiger partial charge < -0.3 is 5.11 Å². The Morgan fingerprint density at radius 3 is 2.29 bits per heavy atom. The molecule has 8 nitrogen and oxygen atoms in total. The van der Waals surface area contributed by atoms with Gasteiger partial charge in [0.15, 0.2) is 0 Å². The number of rotatable bonds is 4. The van der Waals surface area contributed by atoms with E-state index in [1.807, 2.05) is 6.92 Å². The number of amides is 1. The van der Waals surface area contributed by atoms with Crippen molar-refractivity contribution in [2.24, 2.45) is 28.3 Å². The molecule has 0 atom stereocenters. The molecule has 31 heavy (non-hydrogen) atoms. The third-order valence-electron chi connectivity index (χ3n) is 7.29. The fourth-order valence-electron chi connectivity index (χ4n) is 6.25. The molecule has 1 amide bonds. The molecule has 4 fully saturated rings. The summed E-state index contributed by atoms with van der Waals surface area (Å²) in [5.41, 5.74) is 1.95. The van der Waals surface area contributed by atoms with Crippen molar-refractivity contribution in [3.63, 3.8) is 0 Å². The molecule has 6 rings (SSSR count). The maximum atomic E-state index is 13.0. The standard InChI is InChI=1S/C23H26N4O4/c1-13-2-4-17(5-3-13)27-20(29)18(19(28)25-22(27)31)12-24-26-21(30)23-9-14-6-15(10-23)8-16(7-14)11-23/h2-5,12,14-16,29H,6-11H2,1H3,(H,26,30)(H,25,28,31). The number of H-pyrrole nitrogens is 1. The van der Waals surface area contributed by atoms with E-state index >= 15 is 0 Å². The van der Waals surface area contributed by atoms with Crippen LogP contribution < -0.4 is 16.7 Å². The number of nitrogens with zero attached hydrogens (tertiary/aromatic N) is 2. The first-order valence-corrected chi connectivity index (χ1v) is 10.8. The summed E-state index contributed by atoms with van der Waals surface area (Å²) >= 11 is 0. The second-order valence-corrected chi connectivity index (χ2v) is 9.56. The lowest BCUT2D eigenvalue weighted by atomic mass is 9.49. The minimum Gasteiger partial charge on any atom is -0.493 e. The minimum atomic E-state index is -0.765. The van der Waals surface area contributed by atoms with Gasteiger partial charge in [-0.05, 0) is 75.3 Å². The predicted octanol–water partition coefficient (Wildman–Crippen LogP) is 2.21. The highest BCUT2D eigenvalue weighted by Gasteiger charge is 2.54. The van der Waals surface area contributed by atoms with Crippen molar-refractivity contribution in [3.05, 3.63) is 56.2 Å². The second-order valence-electron chi connectivity index (χ2n) is 9.56. The highest BCUT2D eigenvalue weighted by molar-refractivity contribution is 5.86. The van der Waals surface area contributed by atoms with E-state index in [2.05, 4.69) is 15.5 Å². The Morgan fingerprint density at radius 2 is 1.71 bits per heavy atom. The van der Waals surface area contributed by atoms with E-state index in [1.54, 1.807) is 24.3 Å². The summed E-state index contributed by atoms with van der Waals surface area (Å²) in [6, 6.07) is 6.94. The molecule has 3 N–H and O–H groups in total. The van der Waals surface area contributed by atoms with Crippen molar-refractivity contribution in [2.45, 2.75) is 45.4 Å². The van der Waals surface area contributed by atoms with E-state index < -0.39 is 17.1 Å². The molecule has 0 unspecified atom stereocenters. The number of nitrogens with one attached hydrogen (secondary N) is 2. The summed E-state index contributed by atoms with van der Waals surface area (Å²) < 4.78 is 1.00. The molecule has 4 aliphatic carbocycles. The van der Waals surface area contributed by atoms with Crippen LogP contribution in [0.15, 0.2) is 39.0 Å². The molecule has 1 heterocycles. The lowest BCUT2D eigenvalue weighted by molar-refractivity contribution is -0.146. The first-order valence-electron chi connectivity index (χ1n) is 10.8. The number of hydrogen-bond acceptors (Lipinski definition) is 5. The van der Waals surface area contributed by atoms with Crippen LogP contribution in [-0.4, -0.2) is 26.8 Å². The van der Waals surface area contributed by atoms with Crippen molar-refractivity contribution in [1.82, 2.24) is 15.0 Å². The van der Waals surface area contributed by atoms with E-state index in [-0.39, 0.29) is 16.9 Å². The number of aromatic amines is 1. The lowest BCUT2D eigenvalue weighted by Gasteiger charge is -2.55. The van der Waals surface area contributed by atoms with Crippen LogP contribution in [0.1, 0.15) is 49.7 Å². The first kappa shape index (κ1) is 19.8. The molecular formula is C23H26N4O4. The Bertz CT molecular complexity index is 1140. The van der Waals surface area contributed by atoms with Crippen molar-refractivity contribution in [1.29, 1.82) is 0 Å². The summed E-state index contributed by atoms with van der Waals surface area (Å²) in [4.78, 5) is 39.7. The SMILES string of the molecule is Cc1ccc(-n2c(O)c(C=NNC(=O)C34CC5CC(CC(C5)C3)C4)c(=O)[nH]c2=O)cc1. The highest BCUT2D eigenvalue weighted by atomic mass is 16.3. The van der Waals surface area contributed by atoms with Gasteiger partial charge >= 0.3 is 5.69 Å². The number of aryl methyl sites for hydroxylation is 1. The van der Waals surface area contributed by atoms with Crippen molar-refractivity contribution in [3.8, 4) is 11.6 Å². The number of aromatic nitrogens is 2. The monoisotopic (exact) mass is 422 g/mol. The van der Waals surface area contributed by atoms with Crippen LogP contribution in [-0.2, 0) is 4.79 Å². The fraction of sp³-hybridized carbons (Fsp3) is 0.478. The average Bonchev–Trinajstić information content (AvgIpc) is 2.70. The summed E-state index contributed by atoms with van der Waals surface area (Å²) in [6.45, 7) is 1.91. The van der Waals surface area contributed by atoms with Gasteiger partial charge in [-0.25, -0.2) is 14.8 Å². The van der Waals surface area contributed by atoms with Crippen molar-refractivity contribution >= 4 is 12.1 Å². The summed E-state index contributed by atoms with van der Waals surface area (Å²) in [7, 11) is 0. The van der Waals surface area contributed by atoms with Crippen LogP contribution in [0.25, 0.3) is 5.69 Å². The average molecular weight is 422 g/mol. The van der Waals surface area contributed by atoms with Crippen LogP contribution in [0, 0.1) is 30.1 Å². The largest absolute Gasteiger partial charge is 0.493 e. The van der Waals surface area contributed by atoms with E-state index in [4.69, 9.17) is 0 Å². The zero-order chi connectivity index (χ0) is 21.8. The molecule has 0 aliphatic heterocycles. The van der Waals surface area contributed by atoms with Crippen LogP contribution >= 0.6 is 0 Å². The van der Waals surface area contributed by atoms with Gasteiger partial charge in [0.05, 0.1) is 17.3 Å². The van der Waals surface area contributed by atoms with Gasteiger partial charge in [0, 0.05) is 0 Å². The quantitative estimate of drug-likeness (QED) is 0.517. The van der Waals surface area contributed by atoms with Gasteiger partial charge in [0.2, 0.25) is 11.8 Å². The van der Waals surface area contributed by atoms with Gasteiger partial charge in [0.1, 0.15) is 5.56 Å². The van der Waals surface area contributed by atoms with E-state index in [1.165, 1.54) is 19.3 Å². The molecule has 1 aromatic heterocycles. The Balaban J connectivity index is 1.39. The maximum absolute atomic E-state index is 13.0. The maximum Gasteiger partial charge on any atom is 0.335 e. The summed E-state index contributed by atoms with van der Waals surface area (Å²) in [5, 5.41) is 14.6. The predicted molar refractivity (Wildman–Crippen MR) is 115 cm³/mol. The number of benzene rings is 1. The Kier molecular flexibility index (Phi) is 4.60. The van der Waals surface area contributed by atoms with Crippen molar-refractivity contribution < 1.29 is 9.90 Å². The van der Waals surface area contributed by atoms with Crippen LogP contribution in [0.3, 0.4) is 0 Å². The molecule has 162 valence electrons. The molecule has 0 spiro atoms. The Labute approximate surface area is 179 Å². The van der Waals surface area contributed by atoms with Gasteiger partial charge in [0.25, 0.3) is 5.56 Å². The highest BCUT2D eigenvalue weighted by Crippen LogP contribution is 2.60. The number of carbonyl (C=O) groups is 1. The number of hydrogen-bond donors (Lipinski definition) is 3. The van der Waals surface area contributed by atoms with Crippen LogP contribution in [0.2, 0.25) is 0 Å². The molecule has 4 bridgehead atoms. The van der Waals surface area contributed by atoms with Gasteiger partial charge in [-0.15, -0.1) is 0 Å². The zero-order valence-corrected chi connectivity index (χ0v) is 17.4. The molecule has 8 heteroatoms. The molecule has 4 saturated carbocycles. The number of hydrazone groups is 1. The van der Waals surface area contributed by atoms with E-state index in [0.717, 1.165) is 35.6 Å². The smallest absolute Gasteiger partial charge is 0.335 e. The molecule has 4 aliphatic rings. The Hall–Kier alpha value is -3.16. The third kappa shape index (κ3) is 3.40. The molecule has 0 radical (unpaired) electrons. The van der Waals surface area contributed by atoms with Crippen molar-refractivity contribution in [2.75, 3.05) is 0 Å². The number of aromatic hydroxyl groups is 1. The number of carbonyl (C=O) groups excluding carboxylic acids is 1. The van der Waals surface area contributed by atoms with E-state index in [0.29, 0.717) is 23.4 Å². The fourth-order valence-corrected chi connectivity index (χ4v) is 6.25. The zero-order valence-electron chi connectivity index (χ0n) is 17.4. The summed E-state index contributed by atoms with van der Waals surface area (Å²) in [5.74, 6) is 1.26. The van der Waals surface area contributed by atoms with Gasteiger partial charge in [-0.1, -0.05) is 17.7 Å². The summed E-state index contributed by atoms with van der Waals surface area (Å²) in [6.07, 6.45) is 7.54. The lowest BCUT2D eigenvalue weighted by Crippen LogP contribution is -2.52. The second kappa shape index (κ2) is 7.21. The minimum absolute atomic E-state index is 0.106. The first-order chi connectivity index (χ1) is 14.8. The molecule has 1 aromatic carbocycles. The Morgan fingerprint density at radius 1 is 1.13 bits per heavy atom. The van der Waals surface area contributed by atoms with E-state index in [9.17, 15) is 19.5 Å². The topological polar surface area (TPSA) is 117 Å². The molecule has 2 aromatic rings. The van der Waals surface area contributed by atoms with Gasteiger partial charge in [-0.3, -0.25) is 14.6 Å². The molecule has 0 saturated heterocycles. The molecular weight excluding hydrogens is 396 g/mol. The van der Waals surface area contributed by atoms with Crippen LogP contribution in [0.4, 0.5) is 0 Å². The third-order valence-corrected chi connectivity index (χ3v) is 7.29.